The van der Waals surface area contributed by atoms with E-state index in [1.165, 1.54) is 10.4 Å². The summed E-state index contributed by atoms with van der Waals surface area (Å²) in [7, 11) is 1.64. The molecule has 154 valence electrons. The monoisotopic (exact) mass is 411 g/mol. The Balaban J connectivity index is 1.67. The topological polar surface area (TPSA) is 49.2 Å². The van der Waals surface area contributed by atoms with Gasteiger partial charge in [-0.2, -0.15) is 0 Å². The molecule has 3 heterocycles. The van der Waals surface area contributed by atoms with Gasteiger partial charge in [0.15, 0.2) is 0 Å². The minimum atomic E-state index is -0.00401. The molecule has 1 aromatic carbocycles. The summed E-state index contributed by atoms with van der Waals surface area (Å²) in [6.45, 7) is 9.49. The summed E-state index contributed by atoms with van der Waals surface area (Å²) in [6, 6.07) is 10.6. The first-order valence-corrected chi connectivity index (χ1v) is 11.0. The summed E-state index contributed by atoms with van der Waals surface area (Å²) < 4.78 is 13.2. The molecule has 0 unspecified atom stereocenters. The Hall–Kier alpha value is -2.05. The third-order valence-corrected chi connectivity index (χ3v) is 6.30. The van der Waals surface area contributed by atoms with Gasteiger partial charge in [0.2, 0.25) is 5.88 Å². The van der Waals surface area contributed by atoms with Gasteiger partial charge in [0.1, 0.15) is 5.82 Å². The molecule has 1 saturated heterocycles. The lowest BCUT2D eigenvalue weighted by Crippen LogP contribution is -2.25. The normalized spacial score (nSPS) is 15.7. The number of ether oxygens (including phenoxy) is 2. The molecule has 0 radical (unpaired) electrons. The average Bonchev–Trinajstić information content (AvgIpc) is 3.07. The van der Waals surface area contributed by atoms with Crippen LogP contribution in [0.25, 0.3) is 11.0 Å². The van der Waals surface area contributed by atoms with Gasteiger partial charge < -0.3 is 14.0 Å². The zero-order valence-electron chi connectivity index (χ0n) is 17.6. The highest BCUT2D eigenvalue weighted by atomic mass is 32.2. The molecule has 4 rings (SSSR count). The Morgan fingerprint density at radius 2 is 1.90 bits per heavy atom. The molecule has 2 aromatic heterocycles. The van der Waals surface area contributed by atoms with Crippen LogP contribution in [0.1, 0.15) is 39.4 Å². The van der Waals surface area contributed by atoms with Crippen LogP contribution in [0.2, 0.25) is 0 Å². The summed E-state index contributed by atoms with van der Waals surface area (Å²) in [5, 5.41) is 0. The van der Waals surface area contributed by atoms with Crippen molar-refractivity contribution in [3.8, 4) is 5.88 Å². The van der Waals surface area contributed by atoms with Crippen molar-refractivity contribution in [3.05, 3.63) is 42.4 Å². The lowest BCUT2D eigenvalue weighted by molar-refractivity contribution is 0.0611. The van der Waals surface area contributed by atoms with E-state index in [-0.39, 0.29) is 5.41 Å². The van der Waals surface area contributed by atoms with E-state index in [4.69, 9.17) is 14.5 Å². The first-order chi connectivity index (χ1) is 13.9. The molecule has 1 fully saturated rings. The van der Waals surface area contributed by atoms with Crippen molar-refractivity contribution in [2.24, 2.45) is 5.92 Å². The van der Waals surface area contributed by atoms with E-state index >= 15 is 0 Å². The van der Waals surface area contributed by atoms with Crippen LogP contribution in [-0.4, -0.2) is 34.9 Å². The highest BCUT2D eigenvalue weighted by Gasteiger charge is 2.25. The third-order valence-electron chi connectivity index (χ3n) is 5.32. The highest BCUT2D eigenvalue weighted by molar-refractivity contribution is 7.99. The number of rotatable bonds is 5. The van der Waals surface area contributed by atoms with Crippen LogP contribution in [0, 0.1) is 5.92 Å². The maximum Gasteiger partial charge on any atom is 0.214 e. The number of benzene rings is 1. The second-order valence-corrected chi connectivity index (χ2v) is 9.79. The van der Waals surface area contributed by atoms with Gasteiger partial charge in [-0.3, -0.25) is 0 Å². The molecule has 1 aliphatic heterocycles. The van der Waals surface area contributed by atoms with E-state index in [0.717, 1.165) is 48.8 Å². The van der Waals surface area contributed by atoms with Crippen molar-refractivity contribution in [1.29, 1.82) is 0 Å². The molecule has 0 saturated carbocycles. The summed E-state index contributed by atoms with van der Waals surface area (Å²) in [5.41, 5.74) is 2.28. The number of aromatic nitrogens is 3. The van der Waals surface area contributed by atoms with Crippen LogP contribution in [0.15, 0.2) is 46.3 Å². The van der Waals surface area contributed by atoms with Gasteiger partial charge in [-0.1, -0.05) is 32.5 Å². The molecule has 0 aliphatic carbocycles. The maximum atomic E-state index is 5.55. The van der Waals surface area contributed by atoms with Crippen molar-refractivity contribution in [2.75, 3.05) is 20.3 Å². The molecular weight excluding hydrogens is 382 g/mol. The Bertz CT molecular complexity index is 987. The molecule has 3 aromatic rings. The Morgan fingerprint density at radius 3 is 2.62 bits per heavy atom. The van der Waals surface area contributed by atoms with Crippen molar-refractivity contribution < 1.29 is 9.47 Å². The standard InChI is InChI=1S/C23H29N3O2S/c1-23(2,3)22-25-19-13-17(29-18-7-10-24-21(14-18)27-4)5-6-20(19)26(22)15-16-8-11-28-12-9-16/h5-7,10,13-14,16H,8-9,11-12,15H2,1-4H3. The quantitative estimate of drug-likeness (QED) is 0.569. The van der Waals surface area contributed by atoms with Gasteiger partial charge in [-0.15, -0.1) is 0 Å². The number of nitrogens with zero attached hydrogens (tertiary/aromatic N) is 3. The summed E-state index contributed by atoms with van der Waals surface area (Å²) in [4.78, 5) is 11.5. The zero-order chi connectivity index (χ0) is 20.4. The lowest BCUT2D eigenvalue weighted by atomic mass is 9.94. The first-order valence-electron chi connectivity index (χ1n) is 10.2. The summed E-state index contributed by atoms with van der Waals surface area (Å²) in [6.07, 6.45) is 4.03. The van der Waals surface area contributed by atoms with E-state index in [0.29, 0.717) is 11.8 Å². The zero-order valence-corrected chi connectivity index (χ0v) is 18.5. The smallest absolute Gasteiger partial charge is 0.214 e. The number of imidazole rings is 1. The average molecular weight is 412 g/mol. The maximum absolute atomic E-state index is 5.55. The predicted octanol–water partition coefficient (Wildman–Crippen LogP) is 5.32. The largest absolute Gasteiger partial charge is 0.481 e. The Labute approximate surface area is 176 Å². The van der Waals surface area contributed by atoms with Gasteiger partial charge in [0, 0.05) is 47.2 Å². The van der Waals surface area contributed by atoms with Gasteiger partial charge in [-0.05, 0) is 43.0 Å². The van der Waals surface area contributed by atoms with Crippen LogP contribution >= 0.6 is 11.8 Å². The number of methoxy groups -OCH3 is 1. The second kappa shape index (κ2) is 8.36. The SMILES string of the molecule is COc1cc(Sc2ccc3c(c2)nc(C(C)(C)C)n3CC2CCOCC2)ccn1. The van der Waals surface area contributed by atoms with Crippen LogP contribution in [-0.2, 0) is 16.7 Å². The Morgan fingerprint density at radius 1 is 1.14 bits per heavy atom. The fraction of sp³-hybridized carbons (Fsp3) is 0.478. The minimum Gasteiger partial charge on any atom is -0.481 e. The van der Waals surface area contributed by atoms with Gasteiger partial charge in [0.25, 0.3) is 0 Å². The molecule has 5 nitrogen and oxygen atoms in total. The van der Waals surface area contributed by atoms with Crippen molar-refractivity contribution in [3.63, 3.8) is 0 Å². The summed E-state index contributed by atoms with van der Waals surface area (Å²) in [5.74, 6) is 2.44. The van der Waals surface area contributed by atoms with Crippen molar-refractivity contribution in [1.82, 2.24) is 14.5 Å². The fourth-order valence-electron chi connectivity index (χ4n) is 3.82. The third kappa shape index (κ3) is 4.59. The number of hydrogen-bond donors (Lipinski definition) is 0. The Kier molecular flexibility index (Phi) is 5.83. The van der Waals surface area contributed by atoms with E-state index < -0.39 is 0 Å². The molecule has 0 atom stereocenters. The van der Waals surface area contributed by atoms with E-state index in [2.05, 4.69) is 48.5 Å². The number of pyridine rings is 1. The molecule has 0 spiro atoms. The van der Waals surface area contributed by atoms with E-state index in [9.17, 15) is 0 Å². The van der Waals surface area contributed by atoms with E-state index in [1.54, 1.807) is 25.1 Å². The van der Waals surface area contributed by atoms with Crippen LogP contribution < -0.4 is 4.74 Å². The predicted molar refractivity (Wildman–Crippen MR) is 117 cm³/mol. The van der Waals surface area contributed by atoms with Gasteiger partial charge in [0.05, 0.1) is 18.1 Å². The minimum absolute atomic E-state index is 0.00401. The summed E-state index contributed by atoms with van der Waals surface area (Å²) >= 11 is 1.70. The van der Waals surface area contributed by atoms with Gasteiger partial charge in [-0.25, -0.2) is 9.97 Å². The first kappa shape index (κ1) is 20.2. The van der Waals surface area contributed by atoms with E-state index in [1.807, 2.05) is 12.1 Å². The molecule has 0 amide bonds. The molecule has 29 heavy (non-hydrogen) atoms. The number of fused-ring (bicyclic) bond motifs is 1. The fourth-order valence-corrected chi connectivity index (χ4v) is 4.69. The molecule has 0 N–H and O–H groups in total. The van der Waals surface area contributed by atoms with Crippen LogP contribution in [0.5, 0.6) is 5.88 Å². The lowest BCUT2D eigenvalue weighted by Gasteiger charge is -2.26. The molecule has 1 aliphatic rings. The van der Waals surface area contributed by atoms with Crippen molar-refractivity contribution in [2.45, 2.75) is 55.4 Å². The van der Waals surface area contributed by atoms with Crippen LogP contribution in [0.4, 0.5) is 0 Å². The van der Waals surface area contributed by atoms with Gasteiger partial charge >= 0.3 is 0 Å². The van der Waals surface area contributed by atoms with Crippen molar-refractivity contribution >= 4 is 22.8 Å². The van der Waals surface area contributed by atoms with Crippen LogP contribution in [0.3, 0.4) is 0 Å². The highest BCUT2D eigenvalue weighted by Crippen LogP contribution is 2.34. The second-order valence-electron chi connectivity index (χ2n) is 8.64. The molecule has 6 heteroatoms. The molecular formula is C23H29N3O2S. The molecule has 0 bridgehead atoms. The number of hydrogen-bond acceptors (Lipinski definition) is 5.